The van der Waals surface area contributed by atoms with E-state index in [1.807, 2.05) is 38.3 Å². The molecular weight excluding hydrogens is 300 g/mol. The van der Waals surface area contributed by atoms with Crippen molar-refractivity contribution >= 4 is 17.2 Å². The average molecular weight is 322 g/mol. The Kier molecular flexibility index (Phi) is 5.74. The Labute approximate surface area is 134 Å². The Morgan fingerprint density at radius 1 is 1.45 bits per heavy atom. The number of aromatic nitrogens is 1. The SMILES string of the molecule is Cc1ccc(-c2nc(CC(=O)NC(CCO)C(C)C)cs2)o1. The van der Waals surface area contributed by atoms with Crippen LogP contribution in [-0.4, -0.2) is 28.6 Å². The summed E-state index contributed by atoms with van der Waals surface area (Å²) in [7, 11) is 0. The zero-order valence-electron chi connectivity index (χ0n) is 13.1. The molecule has 6 heteroatoms. The van der Waals surface area contributed by atoms with Gasteiger partial charge in [0.05, 0.1) is 12.1 Å². The van der Waals surface area contributed by atoms with Gasteiger partial charge in [0, 0.05) is 18.0 Å². The number of hydrogen-bond donors (Lipinski definition) is 2. The van der Waals surface area contributed by atoms with Gasteiger partial charge in [-0.2, -0.15) is 0 Å². The highest BCUT2D eigenvalue weighted by molar-refractivity contribution is 7.13. The third-order valence-corrected chi connectivity index (χ3v) is 4.34. The van der Waals surface area contributed by atoms with Gasteiger partial charge >= 0.3 is 0 Å². The fourth-order valence-corrected chi connectivity index (χ4v) is 2.96. The van der Waals surface area contributed by atoms with Crippen LogP contribution in [0.4, 0.5) is 0 Å². The number of aliphatic hydroxyl groups excluding tert-OH is 1. The summed E-state index contributed by atoms with van der Waals surface area (Å²) >= 11 is 1.47. The van der Waals surface area contributed by atoms with E-state index in [4.69, 9.17) is 9.52 Å². The maximum Gasteiger partial charge on any atom is 0.226 e. The van der Waals surface area contributed by atoms with Gasteiger partial charge in [-0.25, -0.2) is 4.98 Å². The fourth-order valence-electron chi connectivity index (χ4n) is 2.18. The number of carbonyl (C=O) groups excluding carboxylic acids is 1. The molecule has 2 rings (SSSR count). The molecule has 0 radical (unpaired) electrons. The van der Waals surface area contributed by atoms with Crippen LogP contribution in [0.2, 0.25) is 0 Å². The van der Waals surface area contributed by atoms with E-state index >= 15 is 0 Å². The number of amides is 1. The molecule has 22 heavy (non-hydrogen) atoms. The number of rotatable bonds is 7. The fraction of sp³-hybridized carbons (Fsp3) is 0.500. The quantitative estimate of drug-likeness (QED) is 0.822. The first-order valence-electron chi connectivity index (χ1n) is 7.41. The molecule has 2 heterocycles. The van der Waals surface area contributed by atoms with Gasteiger partial charge in [-0.1, -0.05) is 13.8 Å². The molecule has 2 N–H and O–H groups in total. The second-order valence-corrected chi connectivity index (χ2v) is 6.52. The summed E-state index contributed by atoms with van der Waals surface area (Å²) in [5, 5.41) is 14.7. The first-order valence-corrected chi connectivity index (χ1v) is 8.29. The van der Waals surface area contributed by atoms with E-state index in [9.17, 15) is 4.79 Å². The minimum atomic E-state index is -0.0698. The molecule has 2 aromatic heterocycles. The molecule has 1 atom stereocenters. The van der Waals surface area contributed by atoms with Crippen molar-refractivity contribution in [3.8, 4) is 10.8 Å². The second-order valence-electron chi connectivity index (χ2n) is 5.66. The molecule has 120 valence electrons. The third-order valence-electron chi connectivity index (χ3n) is 3.44. The van der Waals surface area contributed by atoms with E-state index in [2.05, 4.69) is 10.3 Å². The van der Waals surface area contributed by atoms with Crippen LogP contribution in [0.5, 0.6) is 0 Å². The minimum absolute atomic E-state index is 0.0108. The summed E-state index contributed by atoms with van der Waals surface area (Å²) in [6.45, 7) is 6.02. The Morgan fingerprint density at radius 3 is 2.82 bits per heavy atom. The van der Waals surface area contributed by atoms with Crippen molar-refractivity contribution in [2.24, 2.45) is 5.92 Å². The summed E-state index contributed by atoms with van der Waals surface area (Å²) in [6, 6.07) is 3.77. The molecule has 1 unspecified atom stereocenters. The molecule has 5 nitrogen and oxygen atoms in total. The van der Waals surface area contributed by atoms with Gasteiger partial charge in [-0.3, -0.25) is 4.79 Å². The van der Waals surface area contributed by atoms with Crippen molar-refractivity contribution in [1.29, 1.82) is 0 Å². The van der Waals surface area contributed by atoms with Crippen LogP contribution < -0.4 is 5.32 Å². The van der Waals surface area contributed by atoms with Crippen molar-refractivity contribution in [1.82, 2.24) is 10.3 Å². The molecule has 2 aromatic rings. The largest absolute Gasteiger partial charge is 0.459 e. The van der Waals surface area contributed by atoms with E-state index in [0.29, 0.717) is 6.42 Å². The monoisotopic (exact) mass is 322 g/mol. The van der Waals surface area contributed by atoms with Crippen LogP contribution in [0, 0.1) is 12.8 Å². The lowest BCUT2D eigenvalue weighted by Crippen LogP contribution is -2.40. The lowest BCUT2D eigenvalue weighted by molar-refractivity contribution is -0.121. The van der Waals surface area contributed by atoms with Gasteiger partial charge in [0.2, 0.25) is 5.91 Å². The highest BCUT2D eigenvalue weighted by Gasteiger charge is 2.17. The van der Waals surface area contributed by atoms with E-state index in [1.54, 1.807) is 0 Å². The molecule has 1 amide bonds. The maximum atomic E-state index is 12.1. The lowest BCUT2D eigenvalue weighted by atomic mass is 10.0. The van der Waals surface area contributed by atoms with Crippen molar-refractivity contribution < 1.29 is 14.3 Å². The zero-order chi connectivity index (χ0) is 16.1. The highest BCUT2D eigenvalue weighted by Crippen LogP contribution is 2.25. The zero-order valence-corrected chi connectivity index (χ0v) is 13.9. The normalized spacial score (nSPS) is 12.6. The van der Waals surface area contributed by atoms with Crippen molar-refractivity contribution in [3.63, 3.8) is 0 Å². The van der Waals surface area contributed by atoms with E-state index in [1.165, 1.54) is 11.3 Å². The van der Waals surface area contributed by atoms with Gasteiger partial charge in [-0.15, -0.1) is 11.3 Å². The van der Waals surface area contributed by atoms with Crippen molar-refractivity contribution in [2.75, 3.05) is 6.61 Å². The number of furan rings is 1. The number of nitrogens with zero attached hydrogens (tertiary/aromatic N) is 1. The second kappa shape index (κ2) is 7.56. The standard InChI is InChI=1S/C16H22N2O3S/c1-10(2)13(6-7-19)18-15(20)8-12-9-22-16(17-12)14-5-4-11(3)21-14/h4-5,9-10,13,19H,6-8H2,1-3H3,(H,18,20). The van der Waals surface area contributed by atoms with Gasteiger partial charge in [-0.05, 0) is 31.4 Å². The summed E-state index contributed by atoms with van der Waals surface area (Å²) in [4.78, 5) is 16.5. The number of carbonyl (C=O) groups is 1. The summed E-state index contributed by atoms with van der Waals surface area (Å²) in [6.07, 6.45) is 0.808. The molecule has 0 aliphatic carbocycles. The predicted molar refractivity (Wildman–Crippen MR) is 86.7 cm³/mol. The first-order chi connectivity index (χ1) is 10.5. The molecule has 0 bridgehead atoms. The molecular formula is C16H22N2O3S. The van der Waals surface area contributed by atoms with Crippen LogP contribution in [0.3, 0.4) is 0 Å². The first kappa shape index (κ1) is 16.7. The number of nitrogens with one attached hydrogen (secondary N) is 1. The Hall–Kier alpha value is -1.66. The Bertz CT molecular complexity index is 618. The molecule has 0 saturated carbocycles. The van der Waals surface area contributed by atoms with E-state index < -0.39 is 0 Å². The van der Waals surface area contributed by atoms with Crippen LogP contribution in [0.15, 0.2) is 21.9 Å². The van der Waals surface area contributed by atoms with Crippen molar-refractivity contribution in [2.45, 2.75) is 39.7 Å². The molecule has 0 aliphatic rings. The van der Waals surface area contributed by atoms with Crippen LogP contribution in [0.1, 0.15) is 31.7 Å². The van der Waals surface area contributed by atoms with E-state index in [-0.39, 0.29) is 30.9 Å². The van der Waals surface area contributed by atoms with Gasteiger partial charge in [0.25, 0.3) is 0 Å². The third kappa shape index (κ3) is 4.42. The molecule has 0 spiro atoms. The van der Waals surface area contributed by atoms with Crippen molar-refractivity contribution in [3.05, 3.63) is 29.0 Å². The topological polar surface area (TPSA) is 75.4 Å². The number of aliphatic hydroxyl groups is 1. The smallest absolute Gasteiger partial charge is 0.226 e. The lowest BCUT2D eigenvalue weighted by Gasteiger charge is -2.21. The summed E-state index contributed by atoms with van der Waals surface area (Å²) in [5.74, 6) is 1.79. The molecule has 0 aromatic carbocycles. The van der Waals surface area contributed by atoms with Gasteiger partial charge < -0.3 is 14.8 Å². The predicted octanol–water partition coefficient (Wildman–Crippen LogP) is 2.78. The number of thiazole rings is 1. The minimum Gasteiger partial charge on any atom is -0.459 e. The average Bonchev–Trinajstić information content (AvgIpc) is 3.07. The van der Waals surface area contributed by atoms with Gasteiger partial charge in [0.1, 0.15) is 5.76 Å². The molecule has 0 aliphatic heterocycles. The number of aryl methyl sites for hydroxylation is 1. The highest BCUT2D eigenvalue weighted by atomic mass is 32.1. The Balaban J connectivity index is 1.96. The summed E-state index contributed by atoms with van der Waals surface area (Å²) in [5.41, 5.74) is 0.734. The van der Waals surface area contributed by atoms with E-state index in [0.717, 1.165) is 22.2 Å². The summed E-state index contributed by atoms with van der Waals surface area (Å²) < 4.78 is 5.54. The van der Waals surface area contributed by atoms with Crippen LogP contribution in [0.25, 0.3) is 10.8 Å². The van der Waals surface area contributed by atoms with Gasteiger partial charge in [0.15, 0.2) is 10.8 Å². The Morgan fingerprint density at radius 2 is 2.23 bits per heavy atom. The molecule has 0 saturated heterocycles. The van der Waals surface area contributed by atoms with Crippen LogP contribution >= 0.6 is 11.3 Å². The maximum absolute atomic E-state index is 12.1. The van der Waals surface area contributed by atoms with Crippen LogP contribution in [-0.2, 0) is 11.2 Å². The number of hydrogen-bond acceptors (Lipinski definition) is 5. The molecule has 0 fully saturated rings.